The first-order chi connectivity index (χ1) is 10.2. The lowest BCUT2D eigenvalue weighted by molar-refractivity contribution is 0.0804. The summed E-state index contributed by atoms with van der Waals surface area (Å²) in [4.78, 5) is 36.5. The Hall–Kier alpha value is -2.75. The molecular weight excluding hydrogens is 266 g/mol. The van der Waals surface area contributed by atoms with Gasteiger partial charge >= 0.3 is 0 Å². The second-order valence-electron chi connectivity index (χ2n) is 4.93. The van der Waals surface area contributed by atoms with Gasteiger partial charge < -0.3 is 5.32 Å². The van der Waals surface area contributed by atoms with E-state index < -0.39 is 6.04 Å². The van der Waals surface area contributed by atoms with Crippen molar-refractivity contribution in [2.75, 3.05) is 0 Å². The third kappa shape index (κ3) is 2.48. The summed E-state index contributed by atoms with van der Waals surface area (Å²) in [6.45, 7) is 0. The van der Waals surface area contributed by atoms with Gasteiger partial charge in [0.05, 0.1) is 6.04 Å². The minimum absolute atomic E-state index is 0.00835. The number of ketones is 2. The van der Waals surface area contributed by atoms with Crippen LogP contribution in [0, 0.1) is 0 Å². The second kappa shape index (κ2) is 5.32. The summed E-state index contributed by atoms with van der Waals surface area (Å²) < 4.78 is 0. The van der Waals surface area contributed by atoms with Gasteiger partial charge in [0.15, 0.2) is 11.6 Å². The van der Waals surface area contributed by atoms with E-state index in [4.69, 9.17) is 0 Å². The Labute approximate surface area is 121 Å². The molecule has 0 heterocycles. The van der Waals surface area contributed by atoms with Crippen LogP contribution in [0.2, 0.25) is 0 Å². The van der Waals surface area contributed by atoms with Crippen molar-refractivity contribution in [3.05, 3.63) is 71.3 Å². The molecule has 104 valence electrons. The third-order valence-electron chi connectivity index (χ3n) is 3.54. The van der Waals surface area contributed by atoms with E-state index in [0.29, 0.717) is 16.7 Å². The molecule has 1 amide bonds. The first-order valence-electron chi connectivity index (χ1n) is 6.69. The molecule has 4 nitrogen and oxygen atoms in total. The summed E-state index contributed by atoms with van der Waals surface area (Å²) in [7, 11) is 0. The Kier molecular flexibility index (Phi) is 3.36. The van der Waals surface area contributed by atoms with E-state index in [1.807, 2.05) is 6.07 Å². The topological polar surface area (TPSA) is 63.2 Å². The lowest BCUT2D eigenvalue weighted by Gasteiger charge is -2.23. The fourth-order valence-corrected chi connectivity index (χ4v) is 2.46. The summed E-state index contributed by atoms with van der Waals surface area (Å²) in [6, 6.07) is 14.6. The van der Waals surface area contributed by atoms with Crippen molar-refractivity contribution in [3.63, 3.8) is 0 Å². The maximum atomic E-state index is 12.4. The van der Waals surface area contributed by atoms with Crippen LogP contribution in [0.25, 0.3) is 0 Å². The largest absolute Gasteiger partial charge is 0.341 e. The molecular formula is C17H13NO3. The number of carbonyl (C=O) groups excluding carboxylic acids is 3. The Balaban J connectivity index is 1.84. The predicted molar refractivity (Wildman–Crippen MR) is 77.4 cm³/mol. The van der Waals surface area contributed by atoms with Gasteiger partial charge in [-0.25, -0.2) is 0 Å². The maximum absolute atomic E-state index is 12.4. The number of nitrogens with one attached hydrogen (secondary N) is 1. The molecule has 1 unspecified atom stereocenters. The van der Waals surface area contributed by atoms with Gasteiger partial charge in [0.2, 0.25) is 0 Å². The van der Waals surface area contributed by atoms with Crippen LogP contribution in [0.15, 0.2) is 54.6 Å². The van der Waals surface area contributed by atoms with Gasteiger partial charge in [0, 0.05) is 23.1 Å². The number of carbonyl (C=O) groups is 3. The summed E-state index contributed by atoms with van der Waals surface area (Å²) in [5.74, 6) is -0.681. The maximum Gasteiger partial charge on any atom is 0.251 e. The molecule has 4 heteroatoms. The summed E-state index contributed by atoms with van der Waals surface area (Å²) in [5, 5.41) is 2.65. The number of Topliss-reactive ketones (excluding diaryl/α,β-unsaturated/α-hetero) is 2. The summed E-state index contributed by atoms with van der Waals surface area (Å²) in [6.07, 6.45) is 0.00835. The first-order valence-corrected chi connectivity index (χ1v) is 6.69. The molecule has 1 N–H and O–H groups in total. The molecule has 0 saturated heterocycles. The lowest BCUT2D eigenvalue weighted by Crippen LogP contribution is -2.45. The molecule has 0 saturated carbocycles. The Morgan fingerprint density at radius 2 is 1.52 bits per heavy atom. The van der Waals surface area contributed by atoms with Gasteiger partial charge in [-0.15, -0.1) is 0 Å². The van der Waals surface area contributed by atoms with Crippen LogP contribution in [-0.2, 0) is 0 Å². The van der Waals surface area contributed by atoms with E-state index in [9.17, 15) is 14.4 Å². The third-order valence-corrected chi connectivity index (χ3v) is 3.54. The molecule has 0 radical (unpaired) electrons. The Morgan fingerprint density at radius 3 is 2.24 bits per heavy atom. The van der Waals surface area contributed by atoms with Crippen molar-refractivity contribution >= 4 is 17.5 Å². The van der Waals surface area contributed by atoms with E-state index in [2.05, 4.69) is 5.32 Å². The number of hydrogen-bond acceptors (Lipinski definition) is 3. The van der Waals surface area contributed by atoms with E-state index >= 15 is 0 Å². The number of amides is 1. The average Bonchev–Trinajstić information content (AvgIpc) is 2.53. The highest BCUT2D eigenvalue weighted by molar-refractivity contribution is 6.17. The molecule has 0 spiro atoms. The van der Waals surface area contributed by atoms with Crippen LogP contribution >= 0.6 is 0 Å². The van der Waals surface area contributed by atoms with Crippen molar-refractivity contribution in [2.24, 2.45) is 0 Å². The molecule has 0 fully saturated rings. The SMILES string of the molecule is O=C(NC1CC(=O)c2ccccc2C1=O)c1ccccc1. The number of fused-ring (bicyclic) bond motifs is 1. The van der Waals surface area contributed by atoms with E-state index in [1.165, 1.54) is 0 Å². The van der Waals surface area contributed by atoms with E-state index in [0.717, 1.165) is 0 Å². The Bertz CT molecular complexity index is 722. The van der Waals surface area contributed by atoms with Crippen molar-refractivity contribution in [1.29, 1.82) is 0 Å². The van der Waals surface area contributed by atoms with Crippen LogP contribution in [0.1, 0.15) is 37.5 Å². The average molecular weight is 279 g/mol. The molecule has 0 aromatic heterocycles. The fourth-order valence-electron chi connectivity index (χ4n) is 2.46. The molecule has 1 atom stereocenters. The van der Waals surface area contributed by atoms with Crippen LogP contribution in [0.4, 0.5) is 0 Å². The van der Waals surface area contributed by atoms with Gasteiger partial charge in [-0.2, -0.15) is 0 Å². The van der Waals surface area contributed by atoms with Gasteiger partial charge in [0.25, 0.3) is 5.91 Å². The standard InChI is InChI=1S/C17H13NO3/c19-15-10-14(16(20)13-9-5-4-8-12(13)15)18-17(21)11-6-2-1-3-7-11/h1-9,14H,10H2,(H,18,21). The normalized spacial score (nSPS) is 17.2. The zero-order chi connectivity index (χ0) is 14.8. The minimum Gasteiger partial charge on any atom is -0.341 e. The quantitative estimate of drug-likeness (QED) is 0.917. The number of hydrogen-bond donors (Lipinski definition) is 1. The smallest absolute Gasteiger partial charge is 0.251 e. The fraction of sp³-hybridized carbons (Fsp3) is 0.118. The summed E-state index contributed by atoms with van der Waals surface area (Å²) >= 11 is 0. The van der Waals surface area contributed by atoms with E-state index in [-0.39, 0.29) is 23.9 Å². The minimum atomic E-state index is -0.792. The highest BCUT2D eigenvalue weighted by atomic mass is 16.2. The lowest BCUT2D eigenvalue weighted by atomic mass is 9.86. The zero-order valence-corrected chi connectivity index (χ0v) is 11.2. The molecule has 2 aromatic rings. The van der Waals surface area contributed by atoms with Crippen molar-refractivity contribution in [3.8, 4) is 0 Å². The van der Waals surface area contributed by atoms with Gasteiger partial charge in [-0.3, -0.25) is 14.4 Å². The van der Waals surface area contributed by atoms with Crippen molar-refractivity contribution < 1.29 is 14.4 Å². The monoisotopic (exact) mass is 279 g/mol. The van der Waals surface area contributed by atoms with E-state index in [1.54, 1.807) is 48.5 Å². The molecule has 1 aliphatic rings. The first kappa shape index (κ1) is 13.2. The highest BCUT2D eigenvalue weighted by Gasteiger charge is 2.33. The van der Waals surface area contributed by atoms with Gasteiger partial charge in [-0.05, 0) is 12.1 Å². The van der Waals surface area contributed by atoms with Gasteiger partial charge in [0.1, 0.15) is 0 Å². The predicted octanol–water partition coefficient (Wildman–Crippen LogP) is 2.25. The molecule has 1 aliphatic carbocycles. The molecule has 0 aliphatic heterocycles. The number of benzene rings is 2. The van der Waals surface area contributed by atoms with Crippen LogP contribution in [0.3, 0.4) is 0 Å². The second-order valence-corrected chi connectivity index (χ2v) is 4.93. The van der Waals surface area contributed by atoms with Crippen LogP contribution in [-0.4, -0.2) is 23.5 Å². The Morgan fingerprint density at radius 1 is 0.905 bits per heavy atom. The molecule has 3 rings (SSSR count). The summed E-state index contributed by atoms with van der Waals surface area (Å²) in [5.41, 5.74) is 1.29. The van der Waals surface area contributed by atoms with Crippen LogP contribution < -0.4 is 5.32 Å². The van der Waals surface area contributed by atoms with Crippen molar-refractivity contribution in [1.82, 2.24) is 5.32 Å². The molecule has 2 aromatic carbocycles. The van der Waals surface area contributed by atoms with Crippen LogP contribution in [0.5, 0.6) is 0 Å². The molecule has 21 heavy (non-hydrogen) atoms. The number of rotatable bonds is 2. The molecule has 0 bridgehead atoms. The van der Waals surface area contributed by atoms with Crippen molar-refractivity contribution in [2.45, 2.75) is 12.5 Å². The van der Waals surface area contributed by atoms with Gasteiger partial charge in [-0.1, -0.05) is 42.5 Å². The zero-order valence-electron chi connectivity index (χ0n) is 11.2. The highest BCUT2D eigenvalue weighted by Crippen LogP contribution is 2.21.